The molecular formula is C22H30N4O3. The Bertz CT molecular complexity index is 832. The molecule has 2 aromatic carbocycles. The number of anilines is 1. The van der Waals surface area contributed by atoms with Gasteiger partial charge >= 0.3 is 5.97 Å². The van der Waals surface area contributed by atoms with Crippen molar-refractivity contribution in [1.82, 2.24) is 4.90 Å². The number of ether oxygens (including phenoxy) is 1. The first-order chi connectivity index (χ1) is 13.9. The Morgan fingerprint density at radius 1 is 1.17 bits per heavy atom. The molecule has 7 heteroatoms. The monoisotopic (exact) mass is 398 g/mol. The maximum Gasteiger partial charge on any atom is 0.330 e. The summed E-state index contributed by atoms with van der Waals surface area (Å²) in [7, 11) is 0. The average molecular weight is 399 g/mol. The van der Waals surface area contributed by atoms with Crippen LogP contribution in [0.1, 0.15) is 43.5 Å². The molecule has 0 aliphatic carbocycles. The van der Waals surface area contributed by atoms with E-state index in [0.29, 0.717) is 29.2 Å². The first kappa shape index (κ1) is 22.2. The molecule has 0 saturated carbocycles. The zero-order valence-corrected chi connectivity index (χ0v) is 17.2. The van der Waals surface area contributed by atoms with Crippen LogP contribution in [0.3, 0.4) is 0 Å². The van der Waals surface area contributed by atoms with Crippen molar-refractivity contribution in [3.05, 3.63) is 59.2 Å². The minimum Gasteiger partial charge on any atom is -0.494 e. The molecule has 1 unspecified atom stereocenters. The van der Waals surface area contributed by atoms with Gasteiger partial charge in [0.1, 0.15) is 11.6 Å². The molecule has 29 heavy (non-hydrogen) atoms. The van der Waals surface area contributed by atoms with Crippen molar-refractivity contribution < 1.29 is 14.6 Å². The predicted octanol–water partition coefficient (Wildman–Crippen LogP) is 3.45. The highest BCUT2D eigenvalue weighted by Crippen LogP contribution is 2.27. The molecule has 0 bridgehead atoms. The van der Waals surface area contributed by atoms with Crippen molar-refractivity contribution in [3.63, 3.8) is 0 Å². The average Bonchev–Trinajstić information content (AvgIpc) is 2.70. The maximum atomic E-state index is 12.0. The number of aliphatic carboxylic acids is 1. The highest BCUT2D eigenvalue weighted by Gasteiger charge is 2.21. The summed E-state index contributed by atoms with van der Waals surface area (Å²) in [5.41, 5.74) is 8.33. The van der Waals surface area contributed by atoms with Crippen LogP contribution >= 0.6 is 0 Å². The standard InChI is InChI=1S/C22H30N4O3/c1-4-26(5-2)14-15-11-17(13-19(12-15)29-6-3)20(22(27)28)25-18-9-7-16(8-10-18)21(23)24/h7-13,20,25H,4-6,14H2,1-3H3,(H3,23,24)(H,27,28). The van der Waals surface area contributed by atoms with Gasteiger partial charge in [0.2, 0.25) is 0 Å². The van der Waals surface area contributed by atoms with Gasteiger partial charge in [0, 0.05) is 17.8 Å². The van der Waals surface area contributed by atoms with Crippen molar-refractivity contribution in [2.24, 2.45) is 5.73 Å². The number of amidine groups is 1. The molecule has 0 fully saturated rings. The molecule has 7 nitrogen and oxygen atoms in total. The van der Waals surface area contributed by atoms with Gasteiger partial charge in [0.05, 0.1) is 6.61 Å². The van der Waals surface area contributed by atoms with Crippen LogP contribution in [0.15, 0.2) is 42.5 Å². The fourth-order valence-electron chi connectivity index (χ4n) is 3.10. The summed E-state index contributed by atoms with van der Waals surface area (Å²) in [6.07, 6.45) is 0. The zero-order valence-electron chi connectivity index (χ0n) is 17.2. The van der Waals surface area contributed by atoms with Gasteiger partial charge in [-0.15, -0.1) is 0 Å². The number of nitrogen functional groups attached to an aromatic ring is 1. The lowest BCUT2D eigenvalue weighted by Gasteiger charge is -2.22. The number of rotatable bonds is 11. The van der Waals surface area contributed by atoms with E-state index in [2.05, 4.69) is 24.1 Å². The van der Waals surface area contributed by atoms with Gasteiger partial charge in [-0.1, -0.05) is 19.9 Å². The molecular weight excluding hydrogens is 368 g/mol. The molecule has 0 aromatic heterocycles. The number of hydrogen-bond donors (Lipinski definition) is 4. The molecule has 0 spiro atoms. The Morgan fingerprint density at radius 3 is 2.34 bits per heavy atom. The number of nitrogens with zero attached hydrogens (tertiary/aromatic N) is 1. The summed E-state index contributed by atoms with van der Waals surface area (Å²) < 4.78 is 5.68. The SMILES string of the molecule is CCOc1cc(CN(CC)CC)cc(C(Nc2ccc(C(=N)N)cc2)C(=O)O)c1. The number of carboxylic acids is 1. The van der Waals surface area contributed by atoms with Crippen molar-refractivity contribution >= 4 is 17.5 Å². The smallest absolute Gasteiger partial charge is 0.330 e. The van der Waals surface area contributed by atoms with E-state index in [9.17, 15) is 9.90 Å². The van der Waals surface area contributed by atoms with Crippen LogP contribution < -0.4 is 15.8 Å². The highest BCUT2D eigenvalue weighted by atomic mass is 16.5. The van der Waals surface area contributed by atoms with Crippen molar-refractivity contribution in [1.29, 1.82) is 5.41 Å². The lowest BCUT2D eigenvalue weighted by molar-refractivity contribution is -0.138. The normalized spacial score (nSPS) is 11.9. The summed E-state index contributed by atoms with van der Waals surface area (Å²) in [5.74, 6) is -0.355. The number of benzene rings is 2. The van der Waals surface area contributed by atoms with E-state index in [4.69, 9.17) is 15.9 Å². The molecule has 1 atom stereocenters. The minimum atomic E-state index is -0.983. The second-order valence-electron chi connectivity index (χ2n) is 6.71. The van der Waals surface area contributed by atoms with Crippen molar-refractivity contribution in [2.75, 3.05) is 25.0 Å². The molecule has 5 N–H and O–H groups in total. The molecule has 2 aromatic rings. The summed E-state index contributed by atoms with van der Waals surface area (Å²) in [5, 5.41) is 20.4. The molecule has 0 heterocycles. The van der Waals surface area contributed by atoms with Crippen LogP contribution in [0.4, 0.5) is 5.69 Å². The fraction of sp³-hybridized carbons (Fsp3) is 0.364. The fourth-order valence-corrected chi connectivity index (χ4v) is 3.10. The quantitative estimate of drug-likeness (QED) is 0.341. The molecule has 0 saturated heterocycles. The highest BCUT2D eigenvalue weighted by molar-refractivity contribution is 5.95. The van der Waals surface area contributed by atoms with Crippen molar-refractivity contribution in [3.8, 4) is 5.75 Å². The van der Waals surface area contributed by atoms with E-state index in [1.807, 2.05) is 19.1 Å². The van der Waals surface area contributed by atoms with E-state index in [0.717, 1.165) is 25.2 Å². The molecule has 0 amide bonds. The molecule has 0 radical (unpaired) electrons. The van der Waals surface area contributed by atoms with Gasteiger partial charge in [-0.3, -0.25) is 10.3 Å². The third-order valence-electron chi connectivity index (χ3n) is 4.69. The number of carbonyl (C=O) groups is 1. The second-order valence-corrected chi connectivity index (χ2v) is 6.71. The Hall–Kier alpha value is -3.06. The number of nitrogens with one attached hydrogen (secondary N) is 2. The Labute approximate surface area is 172 Å². The minimum absolute atomic E-state index is 0.0307. The zero-order chi connectivity index (χ0) is 21.4. The van der Waals surface area contributed by atoms with Gasteiger partial charge in [0.15, 0.2) is 6.04 Å². The van der Waals surface area contributed by atoms with Gasteiger partial charge in [-0.2, -0.15) is 0 Å². The van der Waals surface area contributed by atoms with Crippen LogP contribution in [0.5, 0.6) is 5.75 Å². The van der Waals surface area contributed by atoms with Crippen molar-refractivity contribution in [2.45, 2.75) is 33.4 Å². The van der Waals surface area contributed by atoms with E-state index in [1.54, 1.807) is 30.3 Å². The Balaban J connectivity index is 2.35. The topological polar surface area (TPSA) is 112 Å². The van der Waals surface area contributed by atoms with E-state index < -0.39 is 12.0 Å². The molecule has 0 aliphatic rings. The number of hydrogen-bond acceptors (Lipinski definition) is 5. The largest absolute Gasteiger partial charge is 0.494 e. The van der Waals surface area contributed by atoms with Gasteiger partial charge in [-0.25, -0.2) is 4.79 Å². The lowest BCUT2D eigenvalue weighted by atomic mass is 10.0. The van der Waals surface area contributed by atoms with Crippen LogP contribution in [-0.2, 0) is 11.3 Å². The summed E-state index contributed by atoms with van der Waals surface area (Å²) in [4.78, 5) is 14.3. The number of nitrogens with two attached hydrogens (primary N) is 1. The summed E-state index contributed by atoms with van der Waals surface area (Å²) in [6, 6.07) is 11.5. The third-order valence-corrected chi connectivity index (χ3v) is 4.69. The lowest BCUT2D eigenvalue weighted by Crippen LogP contribution is -2.23. The maximum absolute atomic E-state index is 12.0. The Morgan fingerprint density at radius 2 is 1.83 bits per heavy atom. The van der Waals surface area contributed by atoms with E-state index >= 15 is 0 Å². The van der Waals surface area contributed by atoms with Gasteiger partial charge in [0.25, 0.3) is 0 Å². The van der Waals surface area contributed by atoms with Gasteiger partial charge < -0.3 is 20.9 Å². The van der Waals surface area contributed by atoms with E-state index in [1.165, 1.54) is 0 Å². The molecule has 0 aliphatic heterocycles. The third kappa shape index (κ3) is 6.22. The molecule has 2 rings (SSSR count). The second kappa shape index (κ2) is 10.5. The number of carboxylic acid groups (broad SMARTS) is 1. The van der Waals surface area contributed by atoms with E-state index in [-0.39, 0.29) is 5.84 Å². The first-order valence-corrected chi connectivity index (χ1v) is 9.80. The Kier molecular flexibility index (Phi) is 8.03. The molecule has 156 valence electrons. The van der Waals surface area contributed by atoms with Gasteiger partial charge in [-0.05, 0) is 67.5 Å². The summed E-state index contributed by atoms with van der Waals surface area (Å²) >= 11 is 0. The van der Waals surface area contributed by atoms with Crippen LogP contribution in [0.2, 0.25) is 0 Å². The van der Waals surface area contributed by atoms with Crippen LogP contribution in [0.25, 0.3) is 0 Å². The van der Waals surface area contributed by atoms with Crippen LogP contribution in [0, 0.1) is 5.41 Å². The predicted molar refractivity (Wildman–Crippen MR) is 116 cm³/mol. The first-order valence-electron chi connectivity index (χ1n) is 9.80. The van der Waals surface area contributed by atoms with Crippen LogP contribution in [-0.4, -0.2) is 41.5 Å². The summed E-state index contributed by atoms with van der Waals surface area (Å²) in [6.45, 7) is 9.15.